The Hall–Kier alpha value is -3.25. The topological polar surface area (TPSA) is 77.0 Å². The maximum absolute atomic E-state index is 12.7. The second-order valence-electron chi connectivity index (χ2n) is 6.34. The Morgan fingerprint density at radius 3 is 2.70 bits per heavy atom. The van der Waals surface area contributed by atoms with Crippen LogP contribution in [-0.2, 0) is 11.3 Å². The molecule has 6 nitrogen and oxygen atoms in total. The van der Waals surface area contributed by atoms with E-state index in [4.69, 9.17) is 4.74 Å². The second kappa shape index (κ2) is 7.17. The standard InChI is InChI=1S/C21H19N3O3/c1-27-13-5-12-24-19-18(20(25)23-21(24)26)17(10-11-22-19)16-9-4-7-14-6-2-3-8-15(14)16/h2-4,6-11H,5,12-13H2,1H3,(H,23,25,26). The van der Waals surface area contributed by atoms with E-state index in [-0.39, 0.29) is 0 Å². The van der Waals surface area contributed by atoms with Crippen LogP contribution in [0.25, 0.3) is 32.9 Å². The molecule has 0 aliphatic heterocycles. The molecule has 0 bridgehead atoms. The molecule has 6 heteroatoms. The van der Waals surface area contributed by atoms with Crippen LogP contribution in [0.3, 0.4) is 0 Å². The van der Waals surface area contributed by atoms with Gasteiger partial charge >= 0.3 is 5.69 Å². The van der Waals surface area contributed by atoms with E-state index in [2.05, 4.69) is 9.97 Å². The summed E-state index contributed by atoms with van der Waals surface area (Å²) in [5, 5.41) is 2.56. The van der Waals surface area contributed by atoms with E-state index in [1.165, 1.54) is 4.57 Å². The highest BCUT2D eigenvalue weighted by atomic mass is 16.5. The molecule has 0 fully saturated rings. The summed E-state index contributed by atoms with van der Waals surface area (Å²) in [5.41, 5.74) is 1.22. The van der Waals surface area contributed by atoms with Crippen LogP contribution in [-0.4, -0.2) is 28.3 Å². The Morgan fingerprint density at radius 1 is 1.04 bits per heavy atom. The van der Waals surface area contributed by atoms with Crippen molar-refractivity contribution >= 4 is 21.8 Å². The van der Waals surface area contributed by atoms with Gasteiger partial charge in [-0.15, -0.1) is 0 Å². The van der Waals surface area contributed by atoms with Crippen molar-refractivity contribution in [3.8, 4) is 11.1 Å². The van der Waals surface area contributed by atoms with Gasteiger partial charge in [0.05, 0.1) is 5.39 Å². The van der Waals surface area contributed by atoms with Crippen LogP contribution >= 0.6 is 0 Å². The molecule has 2 aromatic carbocycles. The first-order valence-corrected chi connectivity index (χ1v) is 8.79. The first-order valence-electron chi connectivity index (χ1n) is 8.79. The summed E-state index contributed by atoms with van der Waals surface area (Å²) in [4.78, 5) is 31.8. The first kappa shape index (κ1) is 17.2. The number of aromatic nitrogens is 3. The average molecular weight is 361 g/mol. The van der Waals surface area contributed by atoms with Crippen molar-refractivity contribution in [2.45, 2.75) is 13.0 Å². The smallest absolute Gasteiger partial charge is 0.329 e. The van der Waals surface area contributed by atoms with Crippen molar-refractivity contribution in [2.75, 3.05) is 13.7 Å². The van der Waals surface area contributed by atoms with Gasteiger partial charge in [0.1, 0.15) is 5.65 Å². The van der Waals surface area contributed by atoms with Gasteiger partial charge in [-0.2, -0.15) is 0 Å². The van der Waals surface area contributed by atoms with Gasteiger partial charge in [-0.25, -0.2) is 9.78 Å². The fourth-order valence-corrected chi connectivity index (χ4v) is 3.46. The molecule has 0 aliphatic rings. The zero-order valence-electron chi connectivity index (χ0n) is 14.9. The van der Waals surface area contributed by atoms with Gasteiger partial charge in [0.25, 0.3) is 5.56 Å². The van der Waals surface area contributed by atoms with E-state index in [0.717, 1.165) is 21.9 Å². The minimum Gasteiger partial charge on any atom is -0.385 e. The predicted octanol–water partition coefficient (Wildman–Crippen LogP) is 2.94. The lowest BCUT2D eigenvalue weighted by Gasteiger charge is -2.12. The molecule has 4 aromatic rings. The maximum Gasteiger partial charge on any atom is 0.329 e. The highest BCUT2D eigenvalue weighted by Gasteiger charge is 2.15. The number of pyridine rings is 1. The molecule has 0 saturated heterocycles. The largest absolute Gasteiger partial charge is 0.385 e. The van der Waals surface area contributed by atoms with Crippen LogP contribution in [0.4, 0.5) is 0 Å². The Balaban J connectivity index is 2.01. The van der Waals surface area contributed by atoms with Gasteiger partial charge in [-0.1, -0.05) is 42.5 Å². The molecule has 27 heavy (non-hydrogen) atoms. The van der Waals surface area contributed by atoms with Gasteiger partial charge in [-0.3, -0.25) is 14.3 Å². The summed E-state index contributed by atoms with van der Waals surface area (Å²) >= 11 is 0. The lowest BCUT2D eigenvalue weighted by Crippen LogP contribution is -2.31. The molecule has 0 unspecified atom stereocenters. The third-order valence-corrected chi connectivity index (χ3v) is 4.69. The number of benzene rings is 2. The van der Waals surface area contributed by atoms with Crippen molar-refractivity contribution in [3.63, 3.8) is 0 Å². The zero-order chi connectivity index (χ0) is 18.8. The Bertz CT molecular complexity index is 1240. The first-order chi connectivity index (χ1) is 13.2. The Morgan fingerprint density at radius 2 is 1.85 bits per heavy atom. The molecule has 0 atom stereocenters. The third-order valence-electron chi connectivity index (χ3n) is 4.69. The highest BCUT2D eigenvalue weighted by Crippen LogP contribution is 2.31. The molecule has 0 spiro atoms. The molecule has 4 rings (SSSR count). The van der Waals surface area contributed by atoms with Gasteiger partial charge in [0.2, 0.25) is 0 Å². The van der Waals surface area contributed by atoms with Crippen LogP contribution in [0.5, 0.6) is 0 Å². The van der Waals surface area contributed by atoms with Gasteiger partial charge in [0, 0.05) is 32.0 Å². The van der Waals surface area contributed by atoms with Crippen LogP contribution in [0, 0.1) is 0 Å². The van der Waals surface area contributed by atoms with Crippen LogP contribution in [0.15, 0.2) is 64.3 Å². The third kappa shape index (κ3) is 3.04. The van der Waals surface area contributed by atoms with Gasteiger partial charge < -0.3 is 4.74 Å². The molecule has 1 N–H and O–H groups in total. The second-order valence-corrected chi connectivity index (χ2v) is 6.34. The molecule has 0 amide bonds. The molecule has 136 valence electrons. The van der Waals surface area contributed by atoms with E-state index in [1.54, 1.807) is 13.3 Å². The van der Waals surface area contributed by atoms with Gasteiger partial charge in [-0.05, 0) is 28.8 Å². The van der Waals surface area contributed by atoms with E-state index in [0.29, 0.717) is 30.6 Å². The van der Waals surface area contributed by atoms with Crippen molar-refractivity contribution in [3.05, 3.63) is 75.6 Å². The highest BCUT2D eigenvalue weighted by molar-refractivity contribution is 6.03. The number of hydrogen-bond acceptors (Lipinski definition) is 4. The number of H-pyrrole nitrogens is 1. The normalized spacial score (nSPS) is 11.3. The fraction of sp³-hybridized carbons (Fsp3) is 0.190. The molecule has 0 aliphatic carbocycles. The fourth-order valence-electron chi connectivity index (χ4n) is 3.46. The molecular formula is C21H19N3O3. The van der Waals surface area contributed by atoms with E-state index in [1.807, 2.05) is 48.5 Å². The number of aryl methyl sites for hydroxylation is 1. The van der Waals surface area contributed by atoms with Crippen molar-refractivity contribution in [2.24, 2.45) is 0 Å². The summed E-state index contributed by atoms with van der Waals surface area (Å²) in [7, 11) is 1.62. The monoisotopic (exact) mass is 361 g/mol. The zero-order valence-corrected chi connectivity index (χ0v) is 14.9. The summed E-state index contributed by atoms with van der Waals surface area (Å²) in [6.07, 6.45) is 2.29. The number of methoxy groups -OCH3 is 1. The van der Waals surface area contributed by atoms with Crippen LogP contribution in [0.1, 0.15) is 6.42 Å². The van der Waals surface area contributed by atoms with Crippen molar-refractivity contribution < 1.29 is 4.74 Å². The summed E-state index contributed by atoms with van der Waals surface area (Å²) in [6, 6.07) is 15.8. The number of nitrogens with zero attached hydrogens (tertiary/aromatic N) is 2. The number of hydrogen-bond donors (Lipinski definition) is 1. The Labute approximate surface area is 155 Å². The number of ether oxygens (including phenoxy) is 1. The van der Waals surface area contributed by atoms with E-state index in [9.17, 15) is 9.59 Å². The molecule has 0 saturated carbocycles. The van der Waals surface area contributed by atoms with E-state index >= 15 is 0 Å². The molecule has 0 radical (unpaired) electrons. The number of aromatic amines is 1. The van der Waals surface area contributed by atoms with Crippen molar-refractivity contribution in [1.29, 1.82) is 0 Å². The Kier molecular flexibility index (Phi) is 4.56. The lowest BCUT2D eigenvalue weighted by atomic mass is 9.97. The minimum absolute atomic E-state index is 0.394. The van der Waals surface area contributed by atoms with Crippen molar-refractivity contribution in [1.82, 2.24) is 14.5 Å². The van der Waals surface area contributed by atoms with Crippen LogP contribution < -0.4 is 11.2 Å². The quantitative estimate of drug-likeness (QED) is 0.555. The summed E-state index contributed by atoms with van der Waals surface area (Å²) in [5.74, 6) is 0. The molecule has 2 aromatic heterocycles. The number of fused-ring (bicyclic) bond motifs is 2. The summed E-state index contributed by atoms with van der Waals surface area (Å²) < 4.78 is 6.58. The van der Waals surface area contributed by atoms with Gasteiger partial charge in [0.15, 0.2) is 0 Å². The van der Waals surface area contributed by atoms with E-state index < -0.39 is 11.2 Å². The molecule has 2 heterocycles. The lowest BCUT2D eigenvalue weighted by molar-refractivity contribution is 0.190. The SMILES string of the molecule is COCCCn1c(=O)[nH]c(=O)c2c(-c3cccc4ccccc34)ccnc21. The van der Waals surface area contributed by atoms with Crippen LogP contribution in [0.2, 0.25) is 0 Å². The average Bonchev–Trinajstić information content (AvgIpc) is 2.69. The number of rotatable bonds is 5. The molecular weight excluding hydrogens is 342 g/mol. The predicted molar refractivity (Wildman–Crippen MR) is 106 cm³/mol. The summed E-state index contributed by atoms with van der Waals surface area (Å²) in [6.45, 7) is 0.946. The maximum atomic E-state index is 12.7. The minimum atomic E-state index is -0.453. The number of nitrogens with one attached hydrogen (secondary N) is 1.